The molecule has 2 aliphatic rings. The zero-order chi connectivity index (χ0) is 17.2. The number of fused-ring (bicyclic) bond motifs is 2. The van der Waals surface area contributed by atoms with Crippen molar-refractivity contribution in [3.05, 3.63) is 42.5 Å². The molecule has 2 saturated carbocycles. The number of nitrogens with two attached hydrogens (primary N) is 1. The Labute approximate surface area is 147 Å². The summed E-state index contributed by atoms with van der Waals surface area (Å²) in [5, 5.41) is 7.22. The predicted octanol–water partition coefficient (Wildman–Crippen LogP) is 2.04. The lowest BCUT2D eigenvalue weighted by Crippen LogP contribution is -2.49. The maximum atomic E-state index is 12.6. The van der Waals surface area contributed by atoms with Crippen molar-refractivity contribution in [1.29, 1.82) is 0 Å². The Balaban J connectivity index is 1.33. The SMILES string of the molecule is NC1C2CCCC1CC(C(=O)NCc1ccc(-n3cncn3)cc1)C2. The van der Waals surface area contributed by atoms with E-state index in [1.807, 2.05) is 24.3 Å². The molecule has 2 aromatic rings. The summed E-state index contributed by atoms with van der Waals surface area (Å²) in [7, 11) is 0. The van der Waals surface area contributed by atoms with Gasteiger partial charge < -0.3 is 11.1 Å². The molecule has 2 fully saturated rings. The molecule has 0 radical (unpaired) electrons. The smallest absolute Gasteiger partial charge is 0.223 e. The maximum Gasteiger partial charge on any atom is 0.223 e. The molecule has 2 bridgehead atoms. The van der Waals surface area contributed by atoms with Crippen LogP contribution in [0.15, 0.2) is 36.9 Å². The van der Waals surface area contributed by atoms with E-state index in [2.05, 4.69) is 15.4 Å². The van der Waals surface area contributed by atoms with Crippen molar-refractivity contribution < 1.29 is 4.79 Å². The van der Waals surface area contributed by atoms with Gasteiger partial charge in [0.15, 0.2) is 0 Å². The number of nitrogens with zero attached hydrogens (tertiary/aromatic N) is 3. The summed E-state index contributed by atoms with van der Waals surface area (Å²) < 4.78 is 1.71. The van der Waals surface area contributed by atoms with Gasteiger partial charge in [0, 0.05) is 18.5 Å². The van der Waals surface area contributed by atoms with E-state index in [-0.39, 0.29) is 11.8 Å². The number of amides is 1. The van der Waals surface area contributed by atoms with Crippen molar-refractivity contribution in [2.75, 3.05) is 0 Å². The standard InChI is InChI=1S/C19H25N5O/c20-18-14-2-1-3-15(18)9-16(8-14)19(25)22-10-13-4-6-17(7-5-13)24-12-21-11-23-24/h4-7,11-12,14-16,18H,1-3,8-10,20H2,(H,22,25). The number of hydrogen-bond donors (Lipinski definition) is 2. The van der Waals surface area contributed by atoms with Crippen molar-refractivity contribution in [3.63, 3.8) is 0 Å². The molecule has 0 spiro atoms. The van der Waals surface area contributed by atoms with Crippen LogP contribution in [0.1, 0.15) is 37.7 Å². The molecule has 6 heteroatoms. The topological polar surface area (TPSA) is 85.8 Å². The van der Waals surface area contributed by atoms with Crippen molar-refractivity contribution in [3.8, 4) is 5.69 Å². The Bertz CT molecular complexity index is 698. The molecule has 1 heterocycles. The fourth-order valence-electron chi connectivity index (χ4n) is 4.44. The molecule has 2 aliphatic carbocycles. The Morgan fingerprint density at radius 1 is 1.20 bits per heavy atom. The molecule has 2 atom stereocenters. The van der Waals surface area contributed by atoms with E-state index in [1.165, 1.54) is 25.6 Å². The van der Waals surface area contributed by atoms with Gasteiger partial charge in [-0.05, 0) is 55.2 Å². The molecule has 4 rings (SSSR count). The van der Waals surface area contributed by atoms with Crippen LogP contribution >= 0.6 is 0 Å². The Kier molecular flexibility index (Phi) is 4.53. The van der Waals surface area contributed by atoms with Crippen LogP contribution in [0.5, 0.6) is 0 Å². The second kappa shape index (κ2) is 6.96. The number of hydrogen-bond acceptors (Lipinski definition) is 4. The van der Waals surface area contributed by atoms with Gasteiger partial charge in [-0.25, -0.2) is 9.67 Å². The first kappa shape index (κ1) is 16.3. The lowest BCUT2D eigenvalue weighted by Gasteiger charge is -2.43. The quantitative estimate of drug-likeness (QED) is 0.892. The second-order valence-corrected chi connectivity index (χ2v) is 7.42. The Morgan fingerprint density at radius 3 is 2.56 bits per heavy atom. The summed E-state index contributed by atoms with van der Waals surface area (Å²) in [5.74, 6) is 1.38. The fourth-order valence-corrected chi connectivity index (χ4v) is 4.44. The highest BCUT2D eigenvalue weighted by atomic mass is 16.1. The number of rotatable bonds is 4. The first-order chi connectivity index (χ1) is 12.2. The highest BCUT2D eigenvalue weighted by Crippen LogP contribution is 2.41. The summed E-state index contributed by atoms with van der Waals surface area (Å²) in [6.07, 6.45) is 8.73. The molecule has 2 unspecified atom stereocenters. The van der Waals surface area contributed by atoms with Crippen molar-refractivity contribution in [2.45, 2.75) is 44.7 Å². The third kappa shape index (κ3) is 3.44. The summed E-state index contributed by atoms with van der Waals surface area (Å²) in [6, 6.07) is 8.31. The average Bonchev–Trinajstić information content (AvgIpc) is 3.14. The van der Waals surface area contributed by atoms with Crippen LogP contribution in [0.3, 0.4) is 0 Å². The van der Waals surface area contributed by atoms with Gasteiger partial charge in [-0.3, -0.25) is 4.79 Å². The first-order valence-electron chi connectivity index (χ1n) is 9.18. The van der Waals surface area contributed by atoms with E-state index in [0.717, 1.165) is 24.1 Å². The zero-order valence-corrected chi connectivity index (χ0v) is 14.3. The van der Waals surface area contributed by atoms with Crippen molar-refractivity contribution in [1.82, 2.24) is 20.1 Å². The van der Waals surface area contributed by atoms with Crippen molar-refractivity contribution in [2.24, 2.45) is 23.5 Å². The molecule has 132 valence electrons. The van der Waals surface area contributed by atoms with Gasteiger partial charge in [-0.1, -0.05) is 18.6 Å². The normalized spacial score (nSPS) is 28.5. The Morgan fingerprint density at radius 2 is 1.92 bits per heavy atom. The monoisotopic (exact) mass is 339 g/mol. The van der Waals surface area contributed by atoms with Crippen LogP contribution in [0.25, 0.3) is 5.69 Å². The average molecular weight is 339 g/mol. The van der Waals surface area contributed by atoms with Crippen LogP contribution < -0.4 is 11.1 Å². The lowest BCUT2D eigenvalue weighted by atomic mass is 9.65. The minimum atomic E-state index is 0.129. The number of carbonyl (C=O) groups excluding carboxylic acids is 1. The molecule has 6 nitrogen and oxygen atoms in total. The van der Waals surface area contributed by atoms with Gasteiger partial charge in [-0.15, -0.1) is 0 Å². The maximum absolute atomic E-state index is 12.6. The molecule has 1 amide bonds. The highest BCUT2D eigenvalue weighted by Gasteiger charge is 2.40. The van der Waals surface area contributed by atoms with Gasteiger partial charge in [-0.2, -0.15) is 5.10 Å². The number of nitrogens with one attached hydrogen (secondary N) is 1. The van der Waals surface area contributed by atoms with Crippen molar-refractivity contribution >= 4 is 5.91 Å². The van der Waals surface area contributed by atoms with Gasteiger partial charge in [0.1, 0.15) is 12.7 Å². The summed E-state index contributed by atoms with van der Waals surface area (Å²) in [5.41, 5.74) is 8.37. The summed E-state index contributed by atoms with van der Waals surface area (Å²) >= 11 is 0. The lowest BCUT2D eigenvalue weighted by molar-refractivity contribution is -0.128. The van der Waals surface area contributed by atoms with Crippen LogP contribution in [0, 0.1) is 17.8 Å². The third-order valence-corrected chi connectivity index (χ3v) is 5.87. The number of benzene rings is 1. The van der Waals surface area contributed by atoms with Crippen LogP contribution in [-0.4, -0.2) is 26.7 Å². The second-order valence-electron chi connectivity index (χ2n) is 7.42. The van der Waals surface area contributed by atoms with Crippen LogP contribution in [-0.2, 0) is 11.3 Å². The third-order valence-electron chi connectivity index (χ3n) is 5.87. The zero-order valence-electron chi connectivity index (χ0n) is 14.3. The minimum absolute atomic E-state index is 0.129. The van der Waals surface area contributed by atoms with E-state index in [4.69, 9.17) is 5.73 Å². The molecule has 25 heavy (non-hydrogen) atoms. The van der Waals surface area contributed by atoms with E-state index >= 15 is 0 Å². The fraction of sp³-hybridized carbons (Fsp3) is 0.526. The summed E-state index contributed by atoms with van der Waals surface area (Å²) in [4.78, 5) is 16.5. The molecule has 3 N–H and O–H groups in total. The predicted molar refractivity (Wildman–Crippen MR) is 94.7 cm³/mol. The Hall–Kier alpha value is -2.21. The number of carbonyl (C=O) groups is 1. The van der Waals surface area contributed by atoms with E-state index in [0.29, 0.717) is 24.4 Å². The molecule has 1 aromatic carbocycles. The van der Waals surface area contributed by atoms with E-state index in [1.54, 1.807) is 11.0 Å². The molecular weight excluding hydrogens is 314 g/mol. The van der Waals surface area contributed by atoms with Gasteiger partial charge >= 0.3 is 0 Å². The largest absolute Gasteiger partial charge is 0.352 e. The van der Waals surface area contributed by atoms with E-state index < -0.39 is 0 Å². The van der Waals surface area contributed by atoms with Gasteiger partial charge in [0.25, 0.3) is 0 Å². The molecular formula is C19H25N5O. The van der Waals surface area contributed by atoms with Gasteiger partial charge in [0.05, 0.1) is 5.69 Å². The van der Waals surface area contributed by atoms with Crippen LogP contribution in [0.2, 0.25) is 0 Å². The van der Waals surface area contributed by atoms with Crippen LogP contribution in [0.4, 0.5) is 0 Å². The molecule has 1 aromatic heterocycles. The summed E-state index contributed by atoms with van der Waals surface area (Å²) in [6.45, 7) is 0.564. The van der Waals surface area contributed by atoms with E-state index in [9.17, 15) is 4.79 Å². The molecule has 0 aliphatic heterocycles. The molecule has 0 saturated heterocycles. The number of aromatic nitrogens is 3. The van der Waals surface area contributed by atoms with Gasteiger partial charge in [0.2, 0.25) is 5.91 Å². The first-order valence-corrected chi connectivity index (χ1v) is 9.18. The highest BCUT2D eigenvalue weighted by molar-refractivity contribution is 5.78. The minimum Gasteiger partial charge on any atom is -0.352 e.